The van der Waals surface area contributed by atoms with Crippen molar-refractivity contribution in [1.82, 2.24) is 4.72 Å². The van der Waals surface area contributed by atoms with E-state index in [0.717, 1.165) is 6.07 Å². The minimum Gasteiger partial charge on any atom is -0.465 e. The number of amides is 1. The van der Waals surface area contributed by atoms with Gasteiger partial charge in [-0.15, -0.1) is 0 Å². The molecule has 1 aromatic carbocycles. The molecule has 25 heavy (non-hydrogen) atoms. The van der Waals surface area contributed by atoms with Crippen LogP contribution in [0, 0.1) is 5.82 Å². The number of carbonyl (C=O) groups is 2. The maximum atomic E-state index is 14.5. The van der Waals surface area contributed by atoms with Crippen molar-refractivity contribution in [3.8, 4) is 5.75 Å². The molecule has 138 valence electrons. The SMILES string of the molecule is COCCOCOc1cc(CC=O)cc(F)c1N1CC(=O)NS1(=O)=O. The quantitative estimate of drug-likeness (QED) is 0.359. The Morgan fingerprint density at radius 1 is 1.36 bits per heavy atom. The van der Waals surface area contributed by atoms with E-state index in [0.29, 0.717) is 22.8 Å². The van der Waals surface area contributed by atoms with E-state index in [1.165, 1.54) is 13.2 Å². The number of nitrogens with one attached hydrogen (secondary N) is 1. The summed E-state index contributed by atoms with van der Waals surface area (Å²) >= 11 is 0. The second-order valence-corrected chi connectivity index (χ2v) is 6.59. The number of hydrogen-bond acceptors (Lipinski definition) is 7. The fourth-order valence-corrected chi connectivity index (χ4v) is 3.31. The van der Waals surface area contributed by atoms with Crippen LogP contribution < -0.4 is 13.8 Å². The van der Waals surface area contributed by atoms with Crippen molar-refractivity contribution in [2.45, 2.75) is 6.42 Å². The molecule has 1 saturated heterocycles. The fraction of sp³-hybridized carbons (Fsp3) is 0.429. The Kier molecular flexibility index (Phi) is 6.28. The molecule has 1 heterocycles. The van der Waals surface area contributed by atoms with Crippen LogP contribution in [0.4, 0.5) is 10.1 Å². The van der Waals surface area contributed by atoms with Crippen LogP contribution >= 0.6 is 0 Å². The molecule has 0 saturated carbocycles. The first-order chi connectivity index (χ1) is 11.9. The maximum Gasteiger partial charge on any atom is 0.326 e. The molecule has 1 N–H and O–H groups in total. The van der Waals surface area contributed by atoms with E-state index < -0.39 is 34.2 Å². The van der Waals surface area contributed by atoms with E-state index in [1.807, 2.05) is 0 Å². The average Bonchev–Trinajstić information content (AvgIpc) is 2.79. The number of anilines is 1. The summed E-state index contributed by atoms with van der Waals surface area (Å²) in [6.45, 7) is -0.345. The molecule has 0 unspecified atom stereocenters. The molecular formula is C14H17FN2O7S. The van der Waals surface area contributed by atoms with Crippen LogP contribution in [-0.4, -0.2) is 54.3 Å². The minimum absolute atomic E-state index is 0.0813. The summed E-state index contributed by atoms with van der Waals surface area (Å²) in [6, 6.07) is 2.34. The lowest BCUT2D eigenvalue weighted by atomic mass is 10.1. The summed E-state index contributed by atoms with van der Waals surface area (Å²) in [4.78, 5) is 22.0. The van der Waals surface area contributed by atoms with E-state index in [2.05, 4.69) is 0 Å². The third kappa shape index (κ3) is 4.65. The third-order valence-corrected chi connectivity index (χ3v) is 4.58. The molecule has 1 aromatic rings. The molecular weight excluding hydrogens is 359 g/mol. The topological polar surface area (TPSA) is 111 Å². The van der Waals surface area contributed by atoms with E-state index in [9.17, 15) is 22.4 Å². The van der Waals surface area contributed by atoms with Crippen molar-refractivity contribution in [2.24, 2.45) is 0 Å². The Morgan fingerprint density at radius 3 is 2.72 bits per heavy atom. The summed E-state index contributed by atoms with van der Waals surface area (Å²) < 4.78 is 56.0. The molecule has 0 atom stereocenters. The number of benzene rings is 1. The summed E-state index contributed by atoms with van der Waals surface area (Å²) in [5, 5.41) is 0. The van der Waals surface area contributed by atoms with E-state index in [-0.39, 0.29) is 25.6 Å². The first-order valence-electron chi connectivity index (χ1n) is 7.18. The predicted octanol–water partition coefficient (Wildman–Crippen LogP) is -0.253. The second-order valence-electron chi connectivity index (χ2n) is 5.00. The molecule has 9 nitrogen and oxygen atoms in total. The Labute approximate surface area is 143 Å². The van der Waals surface area contributed by atoms with Crippen LogP contribution in [0.15, 0.2) is 12.1 Å². The highest BCUT2D eigenvalue weighted by Crippen LogP contribution is 2.35. The Bertz CT molecular complexity index is 754. The number of rotatable bonds is 9. The van der Waals surface area contributed by atoms with Crippen LogP contribution in [-0.2, 0) is 35.7 Å². The Hall–Kier alpha value is -2.24. The number of hydrogen-bond donors (Lipinski definition) is 1. The van der Waals surface area contributed by atoms with Crippen molar-refractivity contribution in [2.75, 3.05) is 38.0 Å². The van der Waals surface area contributed by atoms with Crippen LogP contribution in [0.3, 0.4) is 0 Å². The minimum atomic E-state index is -4.22. The Morgan fingerprint density at radius 2 is 2.12 bits per heavy atom. The van der Waals surface area contributed by atoms with Gasteiger partial charge in [0.15, 0.2) is 12.6 Å². The van der Waals surface area contributed by atoms with Gasteiger partial charge in [0.2, 0.25) is 0 Å². The highest BCUT2D eigenvalue weighted by molar-refractivity contribution is 7.92. The molecule has 0 spiro atoms. The second kappa shape index (κ2) is 8.23. The number of nitrogens with zero attached hydrogens (tertiary/aromatic N) is 1. The standard InChI is InChI=1S/C14H17FN2O7S/c1-22-4-5-23-9-24-12-7-10(2-3-18)6-11(15)14(12)17-8-13(19)16-25(17,20)21/h3,6-7H,2,4-5,8-9H2,1H3,(H,16,19). The number of carbonyl (C=O) groups excluding carboxylic acids is 2. The van der Waals surface area contributed by atoms with Gasteiger partial charge >= 0.3 is 10.2 Å². The third-order valence-electron chi connectivity index (χ3n) is 3.21. The molecule has 1 aliphatic rings. The lowest BCUT2D eigenvalue weighted by Gasteiger charge is -2.20. The van der Waals surface area contributed by atoms with Gasteiger partial charge in [0.1, 0.15) is 24.3 Å². The fourth-order valence-electron chi connectivity index (χ4n) is 2.15. The van der Waals surface area contributed by atoms with Gasteiger partial charge in [0.05, 0.1) is 13.2 Å². The zero-order valence-electron chi connectivity index (χ0n) is 13.4. The Balaban J connectivity index is 2.33. The van der Waals surface area contributed by atoms with Gasteiger partial charge in [-0.25, -0.2) is 13.4 Å². The first kappa shape index (κ1) is 19.1. The highest BCUT2D eigenvalue weighted by Gasteiger charge is 2.37. The average molecular weight is 376 g/mol. The molecule has 1 amide bonds. The molecule has 0 radical (unpaired) electrons. The van der Waals surface area contributed by atoms with Gasteiger partial charge in [-0.05, 0) is 17.7 Å². The highest BCUT2D eigenvalue weighted by atomic mass is 32.2. The molecule has 11 heteroatoms. The van der Waals surface area contributed by atoms with Crippen molar-refractivity contribution in [1.29, 1.82) is 0 Å². The van der Waals surface area contributed by atoms with Crippen LogP contribution in [0.1, 0.15) is 5.56 Å². The number of aldehydes is 1. The van der Waals surface area contributed by atoms with Crippen molar-refractivity contribution >= 4 is 28.1 Å². The monoisotopic (exact) mass is 376 g/mol. The van der Waals surface area contributed by atoms with Gasteiger partial charge in [-0.3, -0.25) is 4.79 Å². The lowest BCUT2D eigenvalue weighted by molar-refractivity contribution is -0.117. The van der Waals surface area contributed by atoms with Crippen molar-refractivity contribution in [3.63, 3.8) is 0 Å². The van der Waals surface area contributed by atoms with Gasteiger partial charge in [-0.2, -0.15) is 8.42 Å². The van der Waals surface area contributed by atoms with Crippen LogP contribution in [0.2, 0.25) is 0 Å². The molecule has 0 aromatic heterocycles. The number of methoxy groups -OCH3 is 1. The maximum absolute atomic E-state index is 14.5. The summed E-state index contributed by atoms with van der Waals surface area (Å²) in [6.07, 6.45) is 0.493. The zero-order chi connectivity index (χ0) is 18.4. The first-order valence-corrected chi connectivity index (χ1v) is 8.62. The van der Waals surface area contributed by atoms with Gasteiger partial charge in [-0.1, -0.05) is 0 Å². The smallest absolute Gasteiger partial charge is 0.326 e. The number of halogens is 1. The van der Waals surface area contributed by atoms with Gasteiger partial charge in [0.25, 0.3) is 5.91 Å². The summed E-state index contributed by atoms with van der Waals surface area (Å²) in [7, 11) is -2.73. The largest absolute Gasteiger partial charge is 0.465 e. The summed E-state index contributed by atoms with van der Waals surface area (Å²) in [5.74, 6) is -1.89. The van der Waals surface area contributed by atoms with Gasteiger partial charge in [0, 0.05) is 13.5 Å². The molecule has 2 rings (SSSR count). The normalized spacial score (nSPS) is 15.9. The van der Waals surface area contributed by atoms with Crippen LogP contribution in [0.5, 0.6) is 5.75 Å². The molecule has 0 aliphatic carbocycles. The van der Waals surface area contributed by atoms with Crippen molar-refractivity contribution in [3.05, 3.63) is 23.5 Å². The molecule has 0 bridgehead atoms. The zero-order valence-corrected chi connectivity index (χ0v) is 14.2. The van der Waals surface area contributed by atoms with Crippen molar-refractivity contribution < 1.29 is 36.6 Å². The van der Waals surface area contributed by atoms with E-state index >= 15 is 0 Å². The lowest BCUT2D eigenvalue weighted by Crippen LogP contribution is -2.30. The van der Waals surface area contributed by atoms with E-state index in [1.54, 1.807) is 4.72 Å². The predicted molar refractivity (Wildman–Crippen MR) is 83.9 cm³/mol. The summed E-state index contributed by atoms with van der Waals surface area (Å²) in [5.41, 5.74) is -0.137. The number of ether oxygens (including phenoxy) is 3. The van der Waals surface area contributed by atoms with E-state index in [4.69, 9.17) is 14.2 Å². The van der Waals surface area contributed by atoms with Crippen LogP contribution in [0.25, 0.3) is 0 Å². The molecule has 1 fully saturated rings. The molecule has 1 aliphatic heterocycles. The van der Waals surface area contributed by atoms with Gasteiger partial charge < -0.3 is 19.0 Å².